The maximum absolute atomic E-state index is 11.1. The van der Waals surface area contributed by atoms with Gasteiger partial charge in [-0.05, 0) is 12.3 Å². The maximum atomic E-state index is 11.1. The average molecular weight is 171 g/mol. The molecule has 0 aromatic rings. The van der Waals surface area contributed by atoms with Crippen LogP contribution in [0.4, 0.5) is 0 Å². The molecule has 4 N–H and O–H groups in total. The number of nitrogens with one attached hydrogen (secondary N) is 1. The van der Waals surface area contributed by atoms with Crippen molar-refractivity contribution in [3.8, 4) is 0 Å². The van der Waals surface area contributed by atoms with Crippen LogP contribution in [0.3, 0.4) is 0 Å². The lowest BCUT2D eigenvalue weighted by Gasteiger charge is -2.01. The molecule has 2 unspecified atom stereocenters. The highest BCUT2D eigenvalue weighted by molar-refractivity contribution is 5.88. The van der Waals surface area contributed by atoms with E-state index < -0.39 is 0 Å². The third kappa shape index (κ3) is 2.11. The highest BCUT2D eigenvalue weighted by atomic mass is 16.4. The standard InChI is InChI=1S/C7H13N3O2/c1-4-2-5(4)7(11)9-3-6(8)10-12/h4-5,12H,2-3H2,1H3,(H2,8,10)(H,9,11). The third-order valence-corrected chi connectivity index (χ3v) is 2.02. The van der Waals surface area contributed by atoms with Crippen LogP contribution < -0.4 is 11.1 Å². The van der Waals surface area contributed by atoms with Gasteiger partial charge in [-0.2, -0.15) is 0 Å². The molecule has 1 fully saturated rings. The van der Waals surface area contributed by atoms with Crippen LogP contribution in [0.1, 0.15) is 13.3 Å². The first-order valence-electron chi connectivity index (χ1n) is 3.89. The van der Waals surface area contributed by atoms with Gasteiger partial charge in [0.05, 0.1) is 6.54 Å². The molecule has 0 aromatic heterocycles. The first-order valence-corrected chi connectivity index (χ1v) is 3.89. The second kappa shape index (κ2) is 3.42. The smallest absolute Gasteiger partial charge is 0.223 e. The number of nitrogens with zero attached hydrogens (tertiary/aromatic N) is 1. The minimum atomic E-state index is -0.00546. The highest BCUT2D eigenvalue weighted by Crippen LogP contribution is 2.37. The largest absolute Gasteiger partial charge is 0.409 e. The van der Waals surface area contributed by atoms with Crippen molar-refractivity contribution in [3.05, 3.63) is 0 Å². The zero-order chi connectivity index (χ0) is 9.14. The van der Waals surface area contributed by atoms with Crippen molar-refractivity contribution < 1.29 is 10.0 Å². The Morgan fingerprint density at radius 2 is 2.42 bits per heavy atom. The van der Waals surface area contributed by atoms with E-state index >= 15 is 0 Å². The van der Waals surface area contributed by atoms with Crippen molar-refractivity contribution in [2.45, 2.75) is 13.3 Å². The minimum absolute atomic E-state index is 0.00546. The summed E-state index contributed by atoms with van der Waals surface area (Å²) >= 11 is 0. The number of rotatable bonds is 3. The van der Waals surface area contributed by atoms with Crippen molar-refractivity contribution in [1.29, 1.82) is 0 Å². The van der Waals surface area contributed by atoms with E-state index in [2.05, 4.69) is 10.5 Å². The molecule has 5 heteroatoms. The molecule has 12 heavy (non-hydrogen) atoms. The summed E-state index contributed by atoms with van der Waals surface area (Å²) in [5.41, 5.74) is 5.16. The SMILES string of the molecule is CC1CC1C(=O)NC/C(N)=N/O. The molecule has 0 bridgehead atoms. The third-order valence-electron chi connectivity index (χ3n) is 2.02. The second-order valence-electron chi connectivity index (χ2n) is 3.13. The summed E-state index contributed by atoms with van der Waals surface area (Å²) in [6, 6.07) is 0. The van der Waals surface area contributed by atoms with E-state index in [0.29, 0.717) is 5.92 Å². The second-order valence-corrected chi connectivity index (χ2v) is 3.13. The van der Waals surface area contributed by atoms with Crippen LogP contribution in [-0.2, 0) is 4.79 Å². The first-order chi connectivity index (χ1) is 5.65. The van der Waals surface area contributed by atoms with Gasteiger partial charge in [0.25, 0.3) is 0 Å². The van der Waals surface area contributed by atoms with Crippen LogP contribution >= 0.6 is 0 Å². The summed E-state index contributed by atoms with van der Waals surface area (Å²) in [6.45, 7) is 2.15. The molecule has 2 atom stereocenters. The Hall–Kier alpha value is -1.26. The van der Waals surface area contributed by atoms with Gasteiger partial charge in [-0.25, -0.2) is 0 Å². The van der Waals surface area contributed by atoms with Gasteiger partial charge in [-0.15, -0.1) is 0 Å². The zero-order valence-corrected chi connectivity index (χ0v) is 6.95. The van der Waals surface area contributed by atoms with Crippen LogP contribution in [-0.4, -0.2) is 23.5 Å². The molecule has 1 saturated carbocycles. The Bertz CT molecular complexity index is 215. The molecular weight excluding hydrogens is 158 g/mol. The Balaban J connectivity index is 2.19. The Morgan fingerprint density at radius 3 is 2.83 bits per heavy atom. The molecule has 0 heterocycles. The lowest BCUT2D eigenvalue weighted by atomic mass is 10.3. The normalized spacial score (nSPS) is 28.2. The molecular formula is C7H13N3O2. The average Bonchev–Trinajstić information content (AvgIpc) is 2.77. The van der Waals surface area contributed by atoms with Gasteiger partial charge in [-0.1, -0.05) is 12.1 Å². The Morgan fingerprint density at radius 1 is 1.83 bits per heavy atom. The molecule has 5 nitrogen and oxygen atoms in total. The number of carbonyl (C=O) groups excluding carboxylic acids is 1. The Labute approximate surface area is 70.6 Å². The molecule has 68 valence electrons. The summed E-state index contributed by atoms with van der Waals surface area (Å²) in [4.78, 5) is 11.1. The lowest BCUT2D eigenvalue weighted by molar-refractivity contribution is -0.122. The van der Waals surface area contributed by atoms with Crippen LogP contribution in [0, 0.1) is 11.8 Å². The molecule has 1 aliphatic rings. The molecule has 0 saturated heterocycles. The fourth-order valence-electron chi connectivity index (χ4n) is 1.03. The minimum Gasteiger partial charge on any atom is -0.409 e. The van der Waals surface area contributed by atoms with Crippen molar-refractivity contribution >= 4 is 11.7 Å². The summed E-state index contributed by atoms with van der Waals surface area (Å²) < 4.78 is 0. The summed E-state index contributed by atoms with van der Waals surface area (Å²) in [7, 11) is 0. The zero-order valence-electron chi connectivity index (χ0n) is 6.95. The first kappa shape index (κ1) is 8.83. The van der Waals surface area contributed by atoms with Gasteiger partial charge >= 0.3 is 0 Å². The van der Waals surface area contributed by atoms with Gasteiger partial charge in [0.2, 0.25) is 5.91 Å². The number of amides is 1. The predicted molar refractivity (Wildman–Crippen MR) is 43.7 cm³/mol. The molecule has 0 spiro atoms. The van der Waals surface area contributed by atoms with E-state index in [0.717, 1.165) is 6.42 Å². The van der Waals surface area contributed by atoms with Gasteiger partial charge in [0.1, 0.15) is 0 Å². The lowest BCUT2D eigenvalue weighted by Crippen LogP contribution is -2.34. The van der Waals surface area contributed by atoms with Gasteiger partial charge in [-0.3, -0.25) is 4.79 Å². The van der Waals surface area contributed by atoms with E-state index in [1.807, 2.05) is 6.92 Å². The van der Waals surface area contributed by atoms with Crippen LogP contribution in [0.5, 0.6) is 0 Å². The maximum Gasteiger partial charge on any atom is 0.223 e. The fraction of sp³-hybridized carbons (Fsp3) is 0.714. The summed E-state index contributed by atoms with van der Waals surface area (Å²) in [6.07, 6.45) is 0.946. The van der Waals surface area contributed by atoms with E-state index in [1.165, 1.54) is 0 Å². The van der Waals surface area contributed by atoms with E-state index in [4.69, 9.17) is 10.9 Å². The number of hydrogen-bond acceptors (Lipinski definition) is 3. The molecule has 0 aliphatic heterocycles. The van der Waals surface area contributed by atoms with Crippen molar-refractivity contribution in [2.24, 2.45) is 22.7 Å². The van der Waals surface area contributed by atoms with Crippen molar-refractivity contribution in [3.63, 3.8) is 0 Å². The van der Waals surface area contributed by atoms with Crippen LogP contribution in [0.15, 0.2) is 5.16 Å². The van der Waals surface area contributed by atoms with Crippen molar-refractivity contribution in [1.82, 2.24) is 5.32 Å². The number of nitrogens with two attached hydrogens (primary N) is 1. The molecule has 0 radical (unpaired) electrons. The molecule has 1 amide bonds. The van der Waals surface area contributed by atoms with Crippen LogP contribution in [0.2, 0.25) is 0 Å². The van der Waals surface area contributed by atoms with E-state index in [1.54, 1.807) is 0 Å². The topological polar surface area (TPSA) is 87.7 Å². The molecule has 0 aromatic carbocycles. The Kier molecular flexibility index (Phi) is 2.52. The molecule has 1 aliphatic carbocycles. The number of amidine groups is 1. The van der Waals surface area contributed by atoms with E-state index in [-0.39, 0.29) is 24.2 Å². The fourth-order valence-corrected chi connectivity index (χ4v) is 1.03. The predicted octanol–water partition coefficient (Wildman–Crippen LogP) is -0.495. The molecule has 1 rings (SSSR count). The monoisotopic (exact) mass is 171 g/mol. The van der Waals surface area contributed by atoms with Gasteiger partial charge < -0.3 is 16.3 Å². The number of carbonyl (C=O) groups is 1. The van der Waals surface area contributed by atoms with Crippen molar-refractivity contribution in [2.75, 3.05) is 6.54 Å². The van der Waals surface area contributed by atoms with E-state index in [9.17, 15) is 4.79 Å². The van der Waals surface area contributed by atoms with Gasteiger partial charge in [0, 0.05) is 5.92 Å². The highest BCUT2D eigenvalue weighted by Gasteiger charge is 2.38. The van der Waals surface area contributed by atoms with Gasteiger partial charge in [0.15, 0.2) is 5.84 Å². The summed E-state index contributed by atoms with van der Waals surface area (Å²) in [5, 5.41) is 13.5. The number of hydrogen-bond donors (Lipinski definition) is 3. The number of oxime groups is 1. The summed E-state index contributed by atoms with van der Waals surface area (Å²) in [5.74, 6) is 0.638. The quantitative estimate of drug-likeness (QED) is 0.231. The van der Waals surface area contributed by atoms with Crippen LogP contribution in [0.25, 0.3) is 0 Å².